The van der Waals surface area contributed by atoms with E-state index in [2.05, 4.69) is 4.72 Å². The minimum absolute atomic E-state index is 0.139. The second kappa shape index (κ2) is 11.6. The number of ether oxygens (including phenoxy) is 1. The van der Waals surface area contributed by atoms with E-state index in [1.54, 1.807) is 23.1 Å². The molecule has 2 aliphatic rings. The van der Waals surface area contributed by atoms with Crippen LogP contribution in [0.1, 0.15) is 32.6 Å². The Morgan fingerprint density at radius 3 is 2.50 bits per heavy atom. The number of hydrogen-bond acceptors (Lipinski definition) is 8. The van der Waals surface area contributed by atoms with Crippen molar-refractivity contribution in [2.75, 3.05) is 38.5 Å². The first kappa shape index (κ1) is 30.8. The summed E-state index contributed by atoms with van der Waals surface area (Å²) in [7, 11) is 0.554. The molecule has 11 nitrogen and oxygen atoms in total. The molecule has 2 aromatic carbocycles. The lowest BCUT2D eigenvalue weighted by Gasteiger charge is -2.29. The van der Waals surface area contributed by atoms with Crippen molar-refractivity contribution in [3.63, 3.8) is 0 Å². The van der Waals surface area contributed by atoms with E-state index in [-0.39, 0.29) is 18.2 Å². The zero-order valence-electron chi connectivity index (χ0n) is 22.9. The van der Waals surface area contributed by atoms with Gasteiger partial charge in [-0.1, -0.05) is 0 Å². The molecule has 226 valence electrons. The van der Waals surface area contributed by atoms with Crippen LogP contribution in [0.25, 0.3) is 11.0 Å². The normalized spacial score (nSPS) is 15.4. The number of amides is 1. The molecule has 1 aromatic heterocycles. The number of carboxylic acid groups (broad SMARTS) is 1. The number of carbonyl (C=O) groups excluding carboxylic acids is 1. The number of carbonyl (C=O) groups is 2. The van der Waals surface area contributed by atoms with Gasteiger partial charge >= 0.3 is 17.8 Å². The third-order valence-corrected chi connectivity index (χ3v) is 7.98. The fraction of sp³-hybridized carbons (Fsp3) is 0.370. The summed E-state index contributed by atoms with van der Waals surface area (Å²) in [5.41, 5.74) is 3.67. The smallest absolute Gasteiger partial charge is 0.490 e. The van der Waals surface area contributed by atoms with Crippen LogP contribution in [-0.4, -0.2) is 75.2 Å². The molecule has 15 heteroatoms. The summed E-state index contributed by atoms with van der Waals surface area (Å²) in [4.78, 5) is 38.7. The zero-order valence-corrected chi connectivity index (χ0v) is 23.7. The van der Waals surface area contributed by atoms with Gasteiger partial charge in [0.25, 0.3) is 5.91 Å². The van der Waals surface area contributed by atoms with Crippen molar-refractivity contribution in [1.29, 1.82) is 0 Å². The molecule has 0 saturated heterocycles. The van der Waals surface area contributed by atoms with Gasteiger partial charge in [0, 0.05) is 29.6 Å². The molecule has 0 radical (unpaired) electrons. The van der Waals surface area contributed by atoms with Gasteiger partial charge in [-0.3, -0.25) is 9.52 Å². The van der Waals surface area contributed by atoms with Crippen molar-refractivity contribution >= 4 is 38.6 Å². The SMILES string of the molecule is Cc1c(OCCN(C)C)ccc2c3c(c(=O)oc12)CN(C(=O)c1ccc2c(c1)CS(=O)(=O)N2)CC3.O=C(O)C(F)(F)F. The van der Waals surface area contributed by atoms with Gasteiger partial charge in [-0.25, -0.2) is 18.0 Å². The lowest BCUT2D eigenvalue weighted by Crippen LogP contribution is -2.38. The summed E-state index contributed by atoms with van der Waals surface area (Å²) < 4.78 is 69.4. The number of alkyl halides is 3. The van der Waals surface area contributed by atoms with Crippen LogP contribution < -0.4 is 15.1 Å². The highest BCUT2D eigenvalue weighted by atomic mass is 32.2. The van der Waals surface area contributed by atoms with Gasteiger partial charge in [0.2, 0.25) is 10.0 Å². The Balaban J connectivity index is 0.000000517. The Hall–Kier alpha value is -4.11. The molecule has 0 spiro atoms. The number of sulfonamides is 1. The Morgan fingerprint density at radius 2 is 1.86 bits per heavy atom. The molecule has 2 N–H and O–H groups in total. The van der Waals surface area contributed by atoms with Gasteiger partial charge in [-0.15, -0.1) is 0 Å². The lowest BCUT2D eigenvalue weighted by molar-refractivity contribution is -0.192. The van der Waals surface area contributed by atoms with Crippen molar-refractivity contribution in [3.05, 3.63) is 68.6 Å². The standard InChI is InChI=1S/C25H27N3O6S.C2HF3O2/c1-15-22(33-11-10-27(2)3)7-5-19-18-8-9-28(13-20(18)25(30)34-23(15)19)24(29)16-4-6-21-17(12-16)14-35(31,32)26-21;3-2(4,5)1(6)7/h4-7,12,26H,8-11,13-14H2,1-3H3;(H,6,7). The topological polar surface area (TPSA) is 146 Å². The van der Waals surface area contributed by atoms with Crippen LogP contribution in [0.4, 0.5) is 18.9 Å². The number of hydrogen-bond donors (Lipinski definition) is 2. The highest BCUT2D eigenvalue weighted by molar-refractivity contribution is 7.92. The van der Waals surface area contributed by atoms with E-state index in [1.165, 1.54) is 0 Å². The molecule has 0 aliphatic carbocycles. The fourth-order valence-electron chi connectivity index (χ4n) is 4.65. The molecule has 2 aliphatic heterocycles. The van der Waals surface area contributed by atoms with Crippen LogP contribution >= 0.6 is 0 Å². The van der Waals surface area contributed by atoms with Gasteiger partial charge in [0.05, 0.1) is 23.5 Å². The number of nitrogens with one attached hydrogen (secondary N) is 1. The molecule has 0 unspecified atom stereocenters. The molecule has 3 heterocycles. The first-order chi connectivity index (χ1) is 19.6. The zero-order chi connectivity index (χ0) is 31.0. The predicted molar refractivity (Wildman–Crippen MR) is 146 cm³/mol. The molecule has 0 atom stereocenters. The third-order valence-electron chi connectivity index (χ3n) is 6.76. The first-order valence-corrected chi connectivity index (χ1v) is 14.3. The minimum Gasteiger partial charge on any atom is -0.492 e. The van der Waals surface area contributed by atoms with Crippen LogP contribution in [0.2, 0.25) is 0 Å². The molecule has 0 saturated carbocycles. The second-order valence-electron chi connectivity index (χ2n) is 10.1. The summed E-state index contributed by atoms with van der Waals surface area (Å²) in [6.45, 7) is 3.75. The number of anilines is 1. The summed E-state index contributed by atoms with van der Waals surface area (Å²) in [5, 5.41) is 7.98. The summed E-state index contributed by atoms with van der Waals surface area (Å²) in [6.07, 6.45) is -4.57. The van der Waals surface area contributed by atoms with Crippen molar-refractivity contribution in [2.45, 2.75) is 31.8 Å². The molecule has 5 rings (SSSR count). The number of likely N-dealkylation sites (N-methyl/N-ethyl adjacent to an activating group) is 1. The Morgan fingerprint density at radius 1 is 1.17 bits per heavy atom. The van der Waals surface area contributed by atoms with Crippen molar-refractivity contribution in [3.8, 4) is 5.75 Å². The van der Waals surface area contributed by atoms with Crippen molar-refractivity contribution in [1.82, 2.24) is 9.80 Å². The number of carboxylic acids is 1. The number of fused-ring (bicyclic) bond motifs is 4. The Labute approximate surface area is 238 Å². The molecule has 1 amide bonds. The monoisotopic (exact) mass is 611 g/mol. The highest BCUT2D eigenvalue weighted by Gasteiger charge is 2.38. The van der Waals surface area contributed by atoms with Gasteiger partial charge < -0.3 is 24.1 Å². The predicted octanol–water partition coefficient (Wildman–Crippen LogP) is 3.13. The molecule has 3 aromatic rings. The van der Waals surface area contributed by atoms with E-state index in [0.29, 0.717) is 53.3 Å². The molecular formula is C27H28F3N3O8S. The molecule has 42 heavy (non-hydrogen) atoms. The quantitative estimate of drug-likeness (QED) is 0.416. The summed E-state index contributed by atoms with van der Waals surface area (Å²) in [5.74, 6) is -2.47. The van der Waals surface area contributed by atoms with Crippen molar-refractivity contribution in [2.24, 2.45) is 0 Å². The summed E-state index contributed by atoms with van der Waals surface area (Å²) >= 11 is 0. The average Bonchev–Trinajstić information content (AvgIpc) is 3.22. The Kier molecular flexibility index (Phi) is 8.55. The van der Waals surface area contributed by atoms with Crippen LogP contribution in [0, 0.1) is 6.92 Å². The number of nitrogens with zero attached hydrogens (tertiary/aromatic N) is 2. The highest BCUT2D eigenvalue weighted by Crippen LogP contribution is 2.33. The Bertz CT molecular complexity index is 1720. The molecular weight excluding hydrogens is 583 g/mol. The van der Waals surface area contributed by atoms with Gasteiger partial charge in [-0.05, 0) is 68.9 Å². The minimum atomic E-state index is -5.08. The summed E-state index contributed by atoms with van der Waals surface area (Å²) in [6, 6.07) is 8.63. The van der Waals surface area contributed by atoms with Gasteiger partial charge in [0.1, 0.15) is 17.9 Å². The van der Waals surface area contributed by atoms with E-state index in [0.717, 1.165) is 23.1 Å². The lowest BCUT2D eigenvalue weighted by atomic mass is 9.95. The van der Waals surface area contributed by atoms with E-state index < -0.39 is 27.8 Å². The maximum atomic E-state index is 13.2. The van der Waals surface area contributed by atoms with E-state index in [4.69, 9.17) is 19.1 Å². The average molecular weight is 612 g/mol. The van der Waals surface area contributed by atoms with Crippen LogP contribution in [0.3, 0.4) is 0 Å². The first-order valence-electron chi connectivity index (χ1n) is 12.7. The maximum absolute atomic E-state index is 13.2. The maximum Gasteiger partial charge on any atom is 0.490 e. The van der Waals surface area contributed by atoms with Crippen LogP contribution in [0.5, 0.6) is 5.75 Å². The second-order valence-corrected chi connectivity index (χ2v) is 11.8. The largest absolute Gasteiger partial charge is 0.492 e. The number of halogens is 3. The van der Waals surface area contributed by atoms with Crippen LogP contribution in [-0.2, 0) is 33.5 Å². The number of aliphatic carboxylic acids is 1. The molecule has 0 fully saturated rings. The molecule has 0 bridgehead atoms. The fourth-order valence-corrected chi connectivity index (χ4v) is 5.90. The number of rotatable bonds is 5. The van der Waals surface area contributed by atoms with E-state index in [9.17, 15) is 31.2 Å². The number of benzene rings is 2. The van der Waals surface area contributed by atoms with Gasteiger partial charge in [0.15, 0.2) is 0 Å². The number of aryl methyl sites for hydroxylation is 1. The van der Waals surface area contributed by atoms with Crippen LogP contribution in [0.15, 0.2) is 39.5 Å². The third kappa shape index (κ3) is 6.68. The van der Waals surface area contributed by atoms with Gasteiger partial charge in [-0.2, -0.15) is 13.2 Å². The van der Waals surface area contributed by atoms with Crippen molar-refractivity contribution < 1.29 is 45.4 Å². The van der Waals surface area contributed by atoms with E-state index >= 15 is 0 Å². The van der Waals surface area contributed by atoms with E-state index in [1.807, 2.05) is 38.1 Å².